The van der Waals surface area contributed by atoms with Crippen LogP contribution in [0.1, 0.15) is 24.1 Å². The molecule has 0 aliphatic rings. The molecule has 5 nitrogen and oxygen atoms in total. The summed E-state index contributed by atoms with van der Waals surface area (Å²) in [5.74, 6) is 1.57. The molecule has 1 atom stereocenters. The Balaban J connectivity index is 2.05. The van der Waals surface area contributed by atoms with Gasteiger partial charge in [-0.05, 0) is 36.8 Å². The van der Waals surface area contributed by atoms with Crippen LogP contribution in [0.25, 0.3) is 0 Å². The van der Waals surface area contributed by atoms with Crippen LogP contribution >= 0.6 is 0 Å². The number of phenolic OH excluding ortho intramolecular Hbond substituents is 1. The van der Waals surface area contributed by atoms with Gasteiger partial charge in [-0.25, -0.2) is 4.98 Å². The molecular formula is C16H20N2O3. The highest BCUT2D eigenvalue weighted by Crippen LogP contribution is 2.28. The Morgan fingerprint density at radius 2 is 2.00 bits per heavy atom. The van der Waals surface area contributed by atoms with Gasteiger partial charge in [-0.1, -0.05) is 0 Å². The van der Waals surface area contributed by atoms with Gasteiger partial charge in [0, 0.05) is 30.4 Å². The molecular weight excluding hydrogens is 268 g/mol. The number of aromatic nitrogens is 1. The first-order valence-electron chi connectivity index (χ1n) is 6.73. The van der Waals surface area contributed by atoms with Crippen LogP contribution in [0, 0.1) is 0 Å². The van der Waals surface area contributed by atoms with Gasteiger partial charge < -0.3 is 19.9 Å². The van der Waals surface area contributed by atoms with Gasteiger partial charge in [0.1, 0.15) is 11.5 Å². The van der Waals surface area contributed by atoms with E-state index >= 15 is 0 Å². The zero-order chi connectivity index (χ0) is 15.2. The van der Waals surface area contributed by atoms with Crippen molar-refractivity contribution in [2.45, 2.75) is 19.5 Å². The fourth-order valence-electron chi connectivity index (χ4n) is 2.06. The summed E-state index contributed by atoms with van der Waals surface area (Å²) in [5, 5.41) is 13.3. The first kappa shape index (κ1) is 15.1. The Morgan fingerprint density at radius 1 is 1.19 bits per heavy atom. The summed E-state index contributed by atoms with van der Waals surface area (Å²) in [7, 11) is 3.20. The third-order valence-electron chi connectivity index (χ3n) is 3.32. The summed E-state index contributed by atoms with van der Waals surface area (Å²) in [6.45, 7) is 2.64. The minimum Gasteiger partial charge on any atom is -0.508 e. The molecule has 0 bridgehead atoms. The van der Waals surface area contributed by atoms with E-state index in [9.17, 15) is 5.11 Å². The molecule has 0 saturated heterocycles. The van der Waals surface area contributed by atoms with Crippen molar-refractivity contribution in [1.82, 2.24) is 10.3 Å². The Hall–Kier alpha value is -2.27. The largest absolute Gasteiger partial charge is 0.508 e. The number of phenols is 1. The molecule has 1 heterocycles. The van der Waals surface area contributed by atoms with Crippen molar-refractivity contribution in [2.75, 3.05) is 14.2 Å². The van der Waals surface area contributed by atoms with Crippen molar-refractivity contribution < 1.29 is 14.6 Å². The maximum atomic E-state index is 9.95. The van der Waals surface area contributed by atoms with E-state index < -0.39 is 0 Å². The summed E-state index contributed by atoms with van der Waals surface area (Å²) < 4.78 is 10.3. The maximum absolute atomic E-state index is 9.95. The lowest BCUT2D eigenvalue weighted by atomic mass is 10.1. The van der Waals surface area contributed by atoms with Gasteiger partial charge in [-0.15, -0.1) is 0 Å². The lowest BCUT2D eigenvalue weighted by molar-refractivity contribution is 0.396. The zero-order valence-corrected chi connectivity index (χ0v) is 12.5. The predicted octanol–water partition coefficient (Wildman–Crippen LogP) is 2.66. The molecule has 0 spiro atoms. The second kappa shape index (κ2) is 6.95. The molecule has 0 saturated carbocycles. The molecule has 1 unspecified atom stereocenters. The Bertz CT molecular complexity index is 602. The van der Waals surface area contributed by atoms with Crippen LogP contribution in [0.3, 0.4) is 0 Å². The van der Waals surface area contributed by atoms with Crippen LogP contribution in [-0.4, -0.2) is 24.3 Å². The van der Waals surface area contributed by atoms with Crippen molar-refractivity contribution in [3.8, 4) is 17.4 Å². The second-order valence-corrected chi connectivity index (χ2v) is 4.73. The topological polar surface area (TPSA) is 63.6 Å². The van der Waals surface area contributed by atoms with Gasteiger partial charge in [-0.3, -0.25) is 0 Å². The first-order chi connectivity index (χ1) is 10.1. The average molecular weight is 288 g/mol. The molecule has 0 aliphatic heterocycles. The molecule has 2 aromatic rings. The highest BCUT2D eigenvalue weighted by molar-refractivity contribution is 5.41. The second-order valence-electron chi connectivity index (χ2n) is 4.73. The smallest absolute Gasteiger partial charge is 0.213 e. The highest BCUT2D eigenvalue weighted by atomic mass is 16.5. The minimum atomic E-state index is -0.0146. The van der Waals surface area contributed by atoms with Crippen molar-refractivity contribution in [3.05, 3.63) is 47.7 Å². The standard InChI is InChI=1S/C16H20N2O3/c1-11(14-9-13(20-2)4-5-15(14)19)18-10-12-6-7-17-16(8-12)21-3/h4-9,11,18-19H,10H2,1-3H3. The van der Waals surface area contributed by atoms with Crippen LogP contribution in [0.15, 0.2) is 36.5 Å². The van der Waals surface area contributed by atoms with E-state index in [1.165, 1.54) is 0 Å². The van der Waals surface area contributed by atoms with Gasteiger partial charge >= 0.3 is 0 Å². The number of ether oxygens (including phenoxy) is 2. The molecule has 21 heavy (non-hydrogen) atoms. The summed E-state index contributed by atoms with van der Waals surface area (Å²) in [5.41, 5.74) is 1.87. The highest BCUT2D eigenvalue weighted by Gasteiger charge is 2.11. The van der Waals surface area contributed by atoms with Crippen LogP contribution < -0.4 is 14.8 Å². The SMILES string of the molecule is COc1ccc(O)c(C(C)NCc2ccnc(OC)c2)c1. The van der Waals surface area contributed by atoms with Crippen LogP contribution in [-0.2, 0) is 6.54 Å². The maximum Gasteiger partial charge on any atom is 0.213 e. The Kier molecular flexibility index (Phi) is 5.00. The molecule has 1 aromatic heterocycles. The molecule has 0 amide bonds. The Morgan fingerprint density at radius 3 is 2.71 bits per heavy atom. The normalized spacial score (nSPS) is 12.0. The third-order valence-corrected chi connectivity index (χ3v) is 3.32. The summed E-state index contributed by atoms with van der Waals surface area (Å²) in [6.07, 6.45) is 1.71. The van der Waals surface area contributed by atoms with Gasteiger partial charge in [0.2, 0.25) is 5.88 Å². The fraction of sp³-hybridized carbons (Fsp3) is 0.312. The predicted molar refractivity (Wildman–Crippen MR) is 80.7 cm³/mol. The van der Waals surface area contributed by atoms with Crippen molar-refractivity contribution in [2.24, 2.45) is 0 Å². The van der Waals surface area contributed by atoms with E-state index in [1.807, 2.05) is 25.1 Å². The third kappa shape index (κ3) is 3.86. The summed E-state index contributed by atoms with van der Waals surface area (Å²) in [4.78, 5) is 4.07. The Labute approximate surface area is 124 Å². The van der Waals surface area contributed by atoms with Crippen LogP contribution in [0.5, 0.6) is 17.4 Å². The van der Waals surface area contributed by atoms with Gasteiger partial charge in [0.25, 0.3) is 0 Å². The van der Waals surface area contributed by atoms with E-state index in [0.29, 0.717) is 12.4 Å². The number of nitrogens with zero attached hydrogens (tertiary/aromatic N) is 1. The fourth-order valence-corrected chi connectivity index (χ4v) is 2.06. The molecule has 0 fully saturated rings. The van der Waals surface area contributed by atoms with Crippen molar-refractivity contribution >= 4 is 0 Å². The van der Waals surface area contributed by atoms with E-state index in [-0.39, 0.29) is 11.8 Å². The van der Waals surface area contributed by atoms with Crippen molar-refractivity contribution in [3.63, 3.8) is 0 Å². The minimum absolute atomic E-state index is 0.0146. The number of hydrogen-bond donors (Lipinski definition) is 2. The quantitative estimate of drug-likeness (QED) is 0.855. The van der Waals surface area contributed by atoms with E-state index in [0.717, 1.165) is 16.9 Å². The number of hydrogen-bond acceptors (Lipinski definition) is 5. The molecule has 1 aromatic carbocycles. The van der Waals surface area contributed by atoms with E-state index in [2.05, 4.69) is 10.3 Å². The average Bonchev–Trinajstić information content (AvgIpc) is 2.53. The molecule has 2 rings (SSSR count). The van der Waals surface area contributed by atoms with E-state index in [1.54, 1.807) is 32.5 Å². The van der Waals surface area contributed by atoms with Gasteiger partial charge in [-0.2, -0.15) is 0 Å². The number of benzene rings is 1. The molecule has 0 radical (unpaired) electrons. The lowest BCUT2D eigenvalue weighted by Crippen LogP contribution is -2.18. The number of rotatable bonds is 6. The van der Waals surface area contributed by atoms with E-state index in [4.69, 9.17) is 9.47 Å². The zero-order valence-electron chi connectivity index (χ0n) is 12.5. The van der Waals surface area contributed by atoms with Gasteiger partial charge in [0.05, 0.1) is 14.2 Å². The number of aromatic hydroxyl groups is 1. The molecule has 112 valence electrons. The lowest BCUT2D eigenvalue weighted by Gasteiger charge is -2.16. The van der Waals surface area contributed by atoms with Crippen LogP contribution in [0.4, 0.5) is 0 Å². The van der Waals surface area contributed by atoms with Crippen molar-refractivity contribution in [1.29, 1.82) is 0 Å². The summed E-state index contributed by atoms with van der Waals surface area (Å²) in [6, 6.07) is 9.00. The number of nitrogens with one attached hydrogen (secondary N) is 1. The number of pyridine rings is 1. The van der Waals surface area contributed by atoms with Gasteiger partial charge in [0.15, 0.2) is 0 Å². The number of methoxy groups -OCH3 is 2. The summed E-state index contributed by atoms with van der Waals surface area (Å²) >= 11 is 0. The molecule has 0 aliphatic carbocycles. The monoisotopic (exact) mass is 288 g/mol. The van der Waals surface area contributed by atoms with Crippen LogP contribution in [0.2, 0.25) is 0 Å². The molecule has 2 N–H and O–H groups in total. The first-order valence-corrected chi connectivity index (χ1v) is 6.73. The molecule has 5 heteroatoms.